The molecule has 0 saturated carbocycles. The van der Waals surface area contributed by atoms with Crippen LogP contribution in [0.2, 0.25) is 0 Å². The zero-order valence-corrected chi connectivity index (χ0v) is 11.8. The number of benzene rings is 1. The molecule has 0 atom stereocenters. The molecule has 2 aromatic rings. The van der Waals surface area contributed by atoms with E-state index in [4.69, 9.17) is 0 Å². The van der Waals surface area contributed by atoms with E-state index in [2.05, 4.69) is 15.1 Å². The lowest BCUT2D eigenvalue weighted by molar-refractivity contribution is -0.114. The smallest absolute Gasteiger partial charge is 0.263 e. The lowest BCUT2D eigenvalue weighted by atomic mass is 10.3. The summed E-state index contributed by atoms with van der Waals surface area (Å²) in [5.74, 6) is 0.0330. The average molecular weight is 294 g/mol. The van der Waals surface area contributed by atoms with Crippen molar-refractivity contribution in [1.82, 2.24) is 9.78 Å². The van der Waals surface area contributed by atoms with Gasteiger partial charge in [0.1, 0.15) is 0 Å². The van der Waals surface area contributed by atoms with Gasteiger partial charge in [-0.25, -0.2) is 8.42 Å². The van der Waals surface area contributed by atoms with Crippen molar-refractivity contribution in [2.24, 2.45) is 7.05 Å². The molecule has 7 nitrogen and oxygen atoms in total. The van der Waals surface area contributed by atoms with Crippen LogP contribution < -0.4 is 10.0 Å². The van der Waals surface area contributed by atoms with Crippen LogP contribution in [0, 0.1) is 0 Å². The number of anilines is 2. The number of amides is 1. The van der Waals surface area contributed by atoms with Crippen molar-refractivity contribution in [2.75, 3.05) is 10.0 Å². The highest BCUT2D eigenvalue weighted by Gasteiger charge is 2.15. The molecule has 0 unspecified atom stereocenters. The summed E-state index contributed by atoms with van der Waals surface area (Å²) in [5.41, 5.74) is 0.536. The Morgan fingerprint density at radius 2 is 1.85 bits per heavy atom. The van der Waals surface area contributed by atoms with Crippen LogP contribution in [0.4, 0.5) is 11.5 Å². The Morgan fingerprint density at radius 1 is 1.20 bits per heavy atom. The molecule has 20 heavy (non-hydrogen) atoms. The standard InChI is InChI=1S/C12H14N4O3S/c1-9(17)13-10-3-5-11(6-4-10)20(18,19)15-12-7-8-16(2)14-12/h3-8H,1-2H3,(H,13,17)(H,14,15). The summed E-state index contributed by atoms with van der Waals surface area (Å²) in [6.07, 6.45) is 1.64. The monoisotopic (exact) mass is 294 g/mol. The lowest BCUT2D eigenvalue weighted by Crippen LogP contribution is -2.13. The molecule has 2 rings (SSSR count). The van der Waals surface area contributed by atoms with Crippen molar-refractivity contribution >= 4 is 27.4 Å². The second-order valence-corrected chi connectivity index (χ2v) is 5.87. The van der Waals surface area contributed by atoms with E-state index in [0.717, 1.165) is 0 Å². The molecule has 0 saturated heterocycles. The van der Waals surface area contributed by atoms with E-state index in [1.807, 2.05) is 0 Å². The van der Waals surface area contributed by atoms with E-state index in [1.165, 1.54) is 35.9 Å². The third-order valence-electron chi connectivity index (χ3n) is 2.44. The fourth-order valence-corrected chi connectivity index (χ4v) is 2.58. The van der Waals surface area contributed by atoms with Gasteiger partial charge in [0.15, 0.2) is 5.82 Å². The maximum absolute atomic E-state index is 12.1. The molecule has 0 aliphatic rings. The molecule has 1 aromatic heterocycles. The SMILES string of the molecule is CC(=O)Nc1ccc(S(=O)(=O)Nc2ccn(C)n2)cc1. The minimum absolute atomic E-state index is 0.0947. The zero-order valence-electron chi connectivity index (χ0n) is 11.0. The Bertz CT molecular complexity index is 719. The first-order valence-corrected chi connectivity index (χ1v) is 7.25. The molecule has 106 valence electrons. The van der Waals surface area contributed by atoms with Gasteiger partial charge in [-0.1, -0.05) is 0 Å². The van der Waals surface area contributed by atoms with Crippen LogP contribution in [0.3, 0.4) is 0 Å². The molecule has 0 aliphatic heterocycles. The van der Waals surface area contributed by atoms with Crippen LogP contribution in [0.25, 0.3) is 0 Å². The van der Waals surface area contributed by atoms with Gasteiger partial charge in [0.05, 0.1) is 4.90 Å². The topological polar surface area (TPSA) is 93.1 Å². The molecule has 1 aromatic carbocycles. The number of hydrogen-bond acceptors (Lipinski definition) is 4. The largest absolute Gasteiger partial charge is 0.326 e. The van der Waals surface area contributed by atoms with Crippen LogP contribution in [-0.4, -0.2) is 24.1 Å². The molecular weight excluding hydrogens is 280 g/mol. The third-order valence-corrected chi connectivity index (χ3v) is 3.81. The van der Waals surface area contributed by atoms with Gasteiger partial charge in [-0.15, -0.1) is 0 Å². The molecular formula is C12H14N4O3S. The maximum Gasteiger partial charge on any atom is 0.263 e. The van der Waals surface area contributed by atoms with Crippen molar-refractivity contribution in [3.8, 4) is 0 Å². The zero-order chi connectivity index (χ0) is 14.8. The normalized spacial score (nSPS) is 11.1. The predicted molar refractivity (Wildman–Crippen MR) is 74.8 cm³/mol. The second-order valence-electron chi connectivity index (χ2n) is 4.19. The van der Waals surface area contributed by atoms with Gasteiger partial charge in [-0.2, -0.15) is 5.10 Å². The van der Waals surface area contributed by atoms with Gasteiger partial charge in [-0.3, -0.25) is 14.2 Å². The van der Waals surface area contributed by atoms with Crippen LogP contribution in [0.1, 0.15) is 6.92 Å². The van der Waals surface area contributed by atoms with Crippen molar-refractivity contribution in [3.05, 3.63) is 36.5 Å². The molecule has 0 spiro atoms. The Hall–Kier alpha value is -2.35. The quantitative estimate of drug-likeness (QED) is 0.885. The molecule has 0 bridgehead atoms. The first-order chi connectivity index (χ1) is 9.37. The number of rotatable bonds is 4. The van der Waals surface area contributed by atoms with Crippen molar-refractivity contribution in [2.45, 2.75) is 11.8 Å². The number of aryl methyl sites for hydroxylation is 1. The molecule has 2 N–H and O–H groups in total. The maximum atomic E-state index is 12.1. The third kappa shape index (κ3) is 3.35. The number of carbonyl (C=O) groups is 1. The van der Waals surface area contributed by atoms with Gasteiger partial charge in [0, 0.05) is 31.9 Å². The summed E-state index contributed by atoms with van der Waals surface area (Å²) in [5, 5.41) is 6.51. The first kappa shape index (κ1) is 14.1. The Balaban J connectivity index is 2.19. The Morgan fingerprint density at radius 3 is 2.35 bits per heavy atom. The van der Waals surface area contributed by atoms with Gasteiger partial charge in [0.25, 0.3) is 10.0 Å². The van der Waals surface area contributed by atoms with Gasteiger partial charge >= 0.3 is 0 Å². The summed E-state index contributed by atoms with van der Waals surface area (Å²) in [7, 11) is -1.99. The van der Waals surface area contributed by atoms with Crippen molar-refractivity contribution < 1.29 is 13.2 Å². The fourth-order valence-electron chi connectivity index (χ4n) is 1.59. The van der Waals surface area contributed by atoms with Gasteiger partial charge < -0.3 is 5.32 Å². The molecule has 1 amide bonds. The highest BCUT2D eigenvalue weighted by atomic mass is 32.2. The molecule has 0 aliphatic carbocycles. The van der Waals surface area contributed by atoms with Crippen LogP contribution >= 0.6 is 0 Å². The number of sulfonamides is 1. The lowest BCUT2D eigenvalue weighted by Gasteiger charge is -2.07. The van der Waals surface area contributed by atoms with E-state index in [0.29, 0.717) is 5.69 Å². The average Bonchev–Trinajstić information content (AvgIpc) is 2.74. The summed E-state index contributed by atoms with van der Waals surface area (Å²) in [4.78, 5) is 11.0. The summed E-state index contributed by atoms with van der Waals surface area (Å²) >= 11 is 0. The Labute approximate surface area is 116 Å². The van der Waals surface area contributed by atoms with Crippen LogP contribution in [-0.2, 0) is 21.9 Å². The van der Waals surface area contributed by atoms with Gasteiger partial charge in [0.2, 0.25) is 5.91 Å². The number of nitrogens with zero attached hydrogens (tertiary/aromatic N) is 2. The minimum atomic E-state index is -3.68. The molecule has 8 heteroatoms. The van der Waals surface area contributed by atoms with E-state index in [1.54, 1.807) is 19.3 Å². The highest BCUT2D eigenvalue weighted by molar-refractivity contribution is 7.92. The molecule has 0 radical (unpaired) electrons. The predicted octanol–water partition coefficient (Wildman–Crippen LogP) is 1.18. The number of hydrogen-bond donors (Lipinski definition) is 2. The Kier molecular flexibility index (Phi) is 3.75. The summed E-state index contributed by atoms with van der Waals surface area (Å²) in [6, 6.07) is 7.43. The fraction of sp³-hybridized carbons (Fsp3) is 0.167. The first-order valence-electron chi connectivity index (χ1n) is 5.77. The second kappa shape index (κ2) is 5.33. The van der Waals surface area contributed by atoms with Crippen LogP contribution in [0.15, 0.2) is 41.4 Å². The molecule has 0 fully saturated rings. The summed E-state index contributed by atoms with van der Waals surface area (Å²) in [6.45, 7) is 1.38. The van der Waals surface area contributed by atoms with Crippen LogP contribution in [0.5, 0.6) is 0 Å². The van der Waals surface area contributed by atoms with E-state index < -0.39 is 10.0 Å². The van der Waals surface area contributed by atoms with E-state index in [9.17, 15) is 13.2 Å². The number of carbonyl (C=O) groups excluding carboxylic acids is 1. The van der Waals surface area contributed by atoms with Gasteiger partial charge in [-0.05, 0) is 24.3 Å². The van der Waals surface area contributed by atoms with E-state index in [-0.39, 0.29) is 16.6 Å². The van der Waals surface area contributed by atoms with E-state index >= 15 is 0 Å². The van der Waals surface area contributed by atoms with Crippen molar-refractivity contribution in [3.63, 3.8) is 0 Å². The highest BCUT2D eigenvalue weighted by Crippen LogP contribution is 2.17. The minimum Gasteiger partial charge on any atom is -0.326 e. The summed E-state index contributed by atoms with van der Waals surface area (Å²) < 4.78 is 28.1. The number of aromatic nitrogens is 2. The van der Waals surface area contributed by atoms with Crippen molar-refractivity contribution in [1.29, 1.82) is 0 Å². The number of nitrogens with one attached hydrogen (secondary N) is 2. The molecule has 1 heterocycles.